The fraction of sp³-hybridized carbons (Fsp3) is 0.409. The molecule has 0 aliphatic carbocycles. The number of furan rings is 1. The number of sulfonamides is 1. The van der Waals surface area contributed by atoms with E-state index in [2.05, 4.69) is 9.97 Å². The quantitative estimate of drug-likeness (QED) is 0.616. The average molecular weight is 472 g/mol. The number of hydrogen-bond acceptors (Lipinski definition) is 6. The molecule has 0 atom stereocenters. The minimum Gasteiger partial charge on any atom is -0.472 e. The number of rotatable bonds is 4. The Bertz CT molecular complexity index is 1250. The minimum atomic E-state index is -3.69. The van der Waals surface area contributed by atoms with E-state index in [1.54, 1.807) is 34.2 Å². The second-order valence-corrected chi connectivity index (χ2v) is 10.3. The van der Waals surface area contributed by atoms with Crippen LogP contribution < -0.4 is 0 Å². The molecule has 3 aromatic rings. The summed E-state index contributed by atoms with van der Waals surface area (Å²) >= 11 is 0. The van der Waals surface area contributed by atoms with Crippen molar-refractivity contribution < 1.29 is 22.4 Å². The van der Waals surface area contributed by atoms with E-state index in [0.717, 1.165) is 0 Å². The summed E-state index contributed by atoms with van der Waals surface area (Å²) in [4.78, 5) is 36.3. The molecule has 1 N–H and O–H groups in total. The molecule has 0 spiro atoms. The van der Waals surface area contributed by atoms with Crippen molar-refractivity contribution in [3.05, 3.63) is 48.7 Å². The minimum absolute atomic E-state index is 0.0405. The first-order valence-electron chi connectivity index (χ1n) is 11.0. The highest BCUT2D eigenvalue weighted by Crippen LogP contribution is 2.26. The summed E-state index contributed by atoms with van der Waals surface area (Å²) in [5.74, 6) is -0.194. The summed E-state index contributed by atoms with van der Waals surface area (Å²) in [7, 11) is -3.69. The number of carbonyl (C=O) groups excluding carboxylic acids is 2. The summed E-state index contributed by atoms with van der Waals surface area (Å²) in [6, 6.07) is 5.08. The van der Waals surface area contributed by atoms with Gasteiger partial charge in [0.15, 0.2) is 0 Å². The van der Waals surface area contributed by atoms with Crippen LogP contribution in [0.25, 0.3) is 11.0 Å². The predicted molar refractivity (Wildman–Crippen MR) is 119 cm³/mol. The molecular formula is C22H25N5O5S. The van der Waals surface area contributed by atoms with Crippen LogP contribution in [0.2, 0.25) is 0 Å². The molecule has 10 nitrogen and oxygen atoms in total. The molecule has 5 rings (SSSR count). The Morgan fingerprint density at radius 3 is 2.48 bits per heavy atom. The van der Waals surface area contributed by atoms with Gasteiger partial charge in [-0.3, -0.25) is 9.59 Å². The van der Waals surface area contributed by atoms with Crippen molar-refractivity contribution in [1.82, 2.24) is 24.1 Å². The van der Waals surface area contributed by atoms with Crippen molar-refractivity contribution in [2.45, 2.75) is 17.7 Å². The number of amides is 2. The van der Waals surface area contributed by atoms with Gasteiger partial charge in [-0.2, -0.15) is 4.31 Å². The maximum Gasteiger partial charge on any atom is 0.257 e. The molecule has 2 fully saturated rings. The summed E-state index contributed by atoms with van der Waals surface area (Å²) in [6.45, 7) is 2.24. The average Bonchev–Trinajstić information content (AvgIpc) is 3.54. The van der Waals surface area contributed by atoms with Crippen LogP contribution in [0.4, 0.5) is 0 Å². The molecule has 0 saturated carbocycles. The van der Waals surface area contributed by atoms with Gasteiger partial charge in [0, 0.05) is 63.0 Å². The molecule has 2 saturated heterocycles. The first kappa shape index (κ1) is 21.7. The van der Waals surface area contributed by atoms with Crippen molar-refractivity contribution in [2.75, 3.05) is 39.3 Å². The normalized spacial score (nSPS) is 18.7. The number of pyridine rings is 1. The van der Waals surface area contributed by atoms with E-state index in [-0.39, 0.29) is 35.7 Å². The van der Waals surface area contributed by atoms with Gasteiger partial charge in [0.1, 0.15) is 16.8 Å². The van der Waals surface area contributed by atoms with Gasteiger partial charge in [-0.05, 0) is 31.0 Å². The number of carbonyl (C=O) groups is 2. The number of aromatic nitrogens is 2. The highest BCUT2D eigenvalue weighted by atomic mass is 32.2. The lowest BCUT2D eigenvalue weighted by molar-refractivity contribution is -0.138. The van der Waals surface area contributed by atoms with Gasteiger partial charge in [0.05, 0.1) is 11.8 Å². The van der Waals surface area contributed by atoms with Gasteiger partial charge in [-0.1, -0.05) is 0 Å². The molecule has 174 valence electrons. The number of H-pyrrole nitrogens is 1. The number of nitrogens with one attached hydrogen (secondary N) is 1. The van der Waals surface area contributed by atoms with Crippen LogP contribution in [-0.4, -0.2) is 83.6 Å². The molecule has 2 aliphatic rings. The summed E-state index contributed by atoms with van der Waals surface area (Å²) in [5.41, 5.74) is 1.05. The topological polar surface area (TPSA) is 120 Å². The van der Waals surface area contributed by atoms with E-state index in [0.29, 0.717) is 55.6 Å². The molecule has 11 heteroatoms. The lowest BCUT2D eigenvalue weighted by atomic mass is 9.94. The van der Waals surface area contributed by atoms with E-state index in [4.69, 9.17) is 4.42 Å². The lowest BCUT2D eigenvalue weighted by Crippen LogP contribution is -2.53. The lowest BCUT2D eigenvalue weighted by Gasteiger charge is -2.38. The maximum atomic E-state index is 13.2. The van der Waals surface area contributed by atoms with Crippen LogP contribution in [0.1, 0.15) is 23.2 Å². The summed E-state index contributed by atoms with van der Waals surface area (Å²) < 4.78 is 32.7. The largest absolute Gasteiger partial charge is 0.472 e. The van der Waals surface area contributed by atoms with Crippen LogP contribution in [0.5, 0.6) is 0 Å². The molecule has 0 aromatic carbocycles. The van der Waals surface area contributed by atoms with Crippen LogP contribution >= 0.6 is 0 Å². The van der Waals surface area contributed by atoms with E-state index >= 15 is 0 Å². The van der Waals surface area contributed by atoms with Gasteiger partial charge < -0.3 is 19.2 Å². The highest BCUT2D eigenvalue weighted by Gasteiger charge is 2.35. The smallest absolute Gasteiger partial charge is 0.257 e. The Morgan fingerprint density at radius 1 is 1.03 bits per heavy atom. The van der Waals surface area contributed by atoms with Gasteiger partial charge >= 0.3 is 0 Å². The van der Waals surface area contributed by atoms with Crippen LogP contribution in [-0.2, 0) is 14.8 Å². The Balaban J connectivity index is 1.17. The summed E-state index contributed by atoms with van der Waals surface area (Å²) in [5, 5.41) is 0.563. The van der Waals surface area contributed by atoms with Gasteiger partial charge in [0.2, 0.25) is 15.9 Å². The van der Waals surface area contributed by atoms with Crippen molar-refractivity contribution in [3.8, 4) is 0 Å². The molecular weight excluding hydrogens is 446 g/mol. The van der Waals surface area contributed by atoms with Crippen molar-refractivity contribution in [3.63, 3.8) is 0 Å². The number of fused-ring (bicyclic) bond motifs is 1. The zero-order valence-electron chi connectivity index (χ0n) is 18.0. The number of piperazine rings is 1. The Morgan fingerprint density at radius 2 is 1.79 bits per heavy atom. The molecule has 0 radical (unpaired) electrons. The molecule has 5 heterocycles. The Hall–Kier alpha value is -3.18. The second-order valence-electron chi connectivity index (χ2n) is 8.36. The Kier molecular flexibility index (Phi) is 5.67. The predicted octanol–water partition coefficient (Wildman–Crippen LogP) is 1.54. The molecule has 2 amide bonds. The monoisotopic (exact) mass is 471 g/mol. The maximum absolute atomic E-state index is 13.2. The molecule has 3 aromatic heterocycles. The fourth-order valence-corrected chi connectivity index (χ4v) is 6.16. The van der Waals surface area contributed by atoms with Crippen molar-refractivity contribution >= 4 is 32.9 Å². The number of nitrogens with zero attached hydrogens (tertiary/aromatic N) is 4. The van der Waals surface area contributed by atoms with E-state index in [1.165, 1.54) is 23.0 Å². The zero-order chi connectivity index (χ0) is 23.0. The van der Waals surface area contributed by atoms with Crippen LogP contribution in [0, 0.1) is 5.92 Å². The summed E-state index contributed by atoms with van der Waals surface area (Å²) in [6.07, 6.45) is 7.19. The number of hydrogen-bond donors (Lipinski definition) is 1. The number of piperidine rings is 1. The molecule has 0 bridgehead atoms. The third kappa shape index (κ3) is 4.02. The van der Waals surface area contributed by atoms with E-state index in [1.807, 2.05) is 0 Å². The van der Waals surface area contributed by atoms with Gasteiger partial charge in [-0.15, -0.1) is 0 Å². The SMILES string of the molecule is O=C(c1ccoc1)N1CCC(C(=O)N2CCN(S(=O)(=O)c3c[nH]c4ncccc34)CC2)CC1. The fourth-order valence-electron chi connectivity index (χ4n) is 4.59. The van der Waals surface area contributed by atoms with Crippen molar-refractivity contribution in [1.29, 1.82) is 0 Å². The molecule has 0 unspecified atom stereocenters. The third-order valence-electron chi connectivity index (χ3n) is 6.48. The number of likely N-dealkylation sites (tertiary alicyclic amines) is 1. The first-order chi connectivity index (χ1) is 15.9. The molecule has 2 aliphatic heterocycles. The van der Waals surface area contributed by atoms with Gasteiger partial charge in [0.25, 0.3) is 5.91 Å². The van der Waals surface area contributed by atoms with Crippen LogP contribution in [0.15, 0.2) is 52.4 Å². The first-order valence-corrected chi connectivity index (χ1v) is 12.4. The molecule has 33 heavy (non-hydrogen) atoms. The van der Waals surface area contributed by atoms with E-state index in [9.17, 15) is 18.0 Å². The van der Waals surface area contributed by atoms with Crippen molar-refractivity contribution in [2.24, 2.45) is 5.92 Å². The zero-order valence-corrected chi connectivity index (χ0v) is 18.8. The second kappa shape index (κ2) is 8.64. The van der Waals surface area contributed by atoms with E-state index < -0.39 is 10.0 Å². The Labute approximate surface area is 191 Å². The highest BCUT2D eigenvalue weighted by molar-refractivity contribution is 7.89. The van der Waals surface area contributed by atoms with Crippen LogP contribution in [0.3, 0.4) is 0 Å². The third-order valence-corrected chi connectivity index (χ3v) is 8.42. The standard InChI is InChI=1S/C22H25N5O5S/c28-21(16-3-7-25(8-4-16)22(29)17-5-13-32-15-17)26-9-11-27(12-10-26)33(30,31)19-14-24-20-18(19)2-1-6-23-20/h1-2,5-6,13-16H,3-4,7-12H2,(H,23,24). The van der Waals surface area contributed by atoms with Gasteiger partial charge in [-0.25, -0.2) is 13.4 Å². The number of aromatic amines is 1.